The van der Waals surface area contributed by atoms with Crippen LogP contribution in [0.15, 0.2) is 0 Å². The van der Waals surface area contributed by atoms with Crippen LogP contribution < -0.4 is 18.6 Å². The van der Waals surface area contributed by atoms with Crippen molar-refractivity contribution >= 4 is 5.71 Å². The molecule has 0 aromatic carbocycles. The van der Waals surface area contributed by atoms with Gasteiger partial charge in [0.25, 0.3) is 0 Å². The predicted molar refractivity (Wildman–Crippen MR) is 40.2 cm³/mol. The molecule has 0 radical (unpaired) electrons. The van der Waals surface area contributed by atoms with Crippen molar-refractivity contribution in [3.05, 3.63) is 0 Å². The first-order valence-corrected chi connectivity index (χ1v) is 5.62. The van der Waals surface area contributed by atoms with Gasteiger partial charge in [0.2, 0.25) is 0 Å². The molecule has 84 valence electrons. The summed E-state index contributed by atoms with van der Waals surface area (Å²) >= 11 is 0. The molecule has 0 fully saturated rings. The van der Waals surface area contributed by atoms with E-state index in [4.69, 9.17) is 18.6 Å². The maximum Gasteiger partial charge on any atom is 0.149 e. The van der Waals surface area contributed by atoms with Gasteiger partial charge in [0, 0.05) is 19.8 Å². The first-order valence-electron chi connectivity index (χ1n) is 4.39. The van der Waals surface area contributed by atoms with Gasteiger partial charge in [0.05, 0.1) is 0 Å². The first-order chi connectivity index (χ1) is 6.22. The zero-order chi connectivity index (χ0) is 11.4. The smallest absolute Gasteiger partial charge is 0.149 e. The second-order valence-electron chi connectivity index (χ2n) is 3.47. The van der Waals surface area contributed by atoms with E-state index >= 15 is 0 Å². The van der Waals surface area contributed by atoms with Crippen molar-refractivity contribution < 1.29 is 33.5 Å². The Morgan fingerprint density at radius 1 is 1.29 bits per heavy atom. The van der Waals surface area contributed by atoms with Gasteiger partial charge in [-0.05, 0) is 13.3 Å². The quantitative estimate of drug-likeness (QED) is 0.408. The summed E-state index contributed by atoms with van der Waals surface area (Å²) in [6.45, 7) is 4.53. The lowest BCUT2D eigenvalue weighted by atomic mass is 10.0. The Morgan fingerprint density at radius 3 is 2.00 bits per heavy atom. The molecule has 1 rings (SSSR count). The molecular weight excluding hydrogens is 210 g/mol. The zero-order valence-corrected chi connectivity index (χ0v) is 9.41. The summed E-state index contributed by atoms with van der Waals surface area (Å²) in [5, 5.41) is 0. The fraction of sp³-hybridized carbons (Fsp3) is 0.875. The van der Waals surface area contributed by atoms with Crippen LogP contribution in [0.2, 0.25) is 0 Å². The van der Waals surface area contributed by atoms with Crippen LogP contribution in [0.4, 0.5) is 0 Å². The fourth-order valence-corrected chi connectivity index (χ4v) is 1.40. The van der Waals surface area contributed by atoms with Crippen LogP contribution >= 0.6 is 0 Å². The maximum absolute atomic E-state index is 8.49. The summed E-state index contributed by atoms with van der Waals surface area (Å²) in [4.78, 5) is 0. The molecule has 1 heterocycles. The third-order valence-corrected chi connectivity index (χ3v) is 2.42. The summed E-state index contributed by atoms with van der Waals surface area (Å²) in [7, 11) is -2.75. The van der Waals surface area contributed by atoms with Gasteiger partial charge in [-0.2, -0.15) is 0 Å². The molecule has 0 amide bonds. The molecule has 1 aliphatic rings. The maximum atomic E-state index is 8.49. The minimum absolute atomic E-state index is 0.777. The van der Waals surface area contributed by atoms with E-state index in [9.17, 15) is 0 Å². The van der Waals surface area contributed by atoms with E-state index in [0.717, 1.165) is 6.04 Å². The summed E-state index contributed by atoms with van der Waals surface area (Å²) in [5.41, 5.74) is 1.55. The van der Waals surface area contributed by atoms with Crippen LogP contribution in [0.3, 0.4) is 0 Å². The van der Waals surface area contributed by atoms with Crippen LogP contribution in [0, 0.1) is 10.2 Å². The van der Waals surface area contributed by atoms with Crippen molar-refractivity contribution in [2.24, 2.45) is 0 Å². The molecular formula is C8H16ClNO4. The number of halogens is 1. The molecule has 0 bridgehead atoms. The van der Waals surface area contributed by atoms with E-state index in [1.54, 1.807) is 5.71 Å². The lowest BCUT2D eigenvalue weighted by molar-refractivity contribution is -2.00. The highest BCUT2D eigenvalue weighted by Gasteiger charge is 2.18. The van der Waals surface area contributed by atoms with Gasteiger partial charge in [-0.25, -0.2) is 23.2 Å². The minimum atomic E-state index is -4.94. The topological polar surface area (TPSA) is 95.2 Å². The number of hydrogen-bond acceptors (Lipinski definition) is 4. The lowest BCUT2D eigenvalue weighted by Gasteiger charge is -2.17. The van der Waals surface area contributed by atoms with E-state index in [0.29, 0.717) is 0 Å². The molecule has 0 aromatic heterocycles. The Morgan fingerprint density at radius 2 is 1.71 bits per heavy atom. The van der Waals surface area contributed by atoms with Gasteiger partial charge in [0.15, 0.2) is 0 Å². The molecule has 0 spiro atoms. The van der Waals surface area contributed by atoms with Crippen molar-refractivity contribution in [2.75, 3.05) is 7.05 Å². The Hall–Kier alpha value is -0.200. The normalized spacial score (nSPS) is 22.9. The Bertz CT molecular complexity index is 206. The minimum Gasteiger partial charge on any atom is -0.238 e. The zero-order valence-electron chi connectivity index (χ0n) is 8.66. The third kappa shape index (κ3) is 7.23. The lowest BCUT2D eigenvalue weighted by Crippen LogP contribution is -2.68. The van der Waals surface area contributed by atoms with Gasteiger partial charge in [-0.15, -0.1) is 10.2 Å². The van der Waals surface area contributed by atoms with Crippen LogP contribution in [-0.2, 0) is 0 Å². The highest BCUT2D eigenvalue weighted by Crippen LogP contribution is 2.10. The van der Waals surface area contributed by atoms with E-state index in [2.05, 4.69) is 25.5 Å². The van der Waals surface area contributed by atoms with Gasteiger partial charge >= 0.3 is 0 Å². The van der Waals surface area contributed by atoms with Crippen LogP contribution in [0.5, 0.6) is 0 Å². The molecule has 1 aliphatic heterocycles. The largest absolute Gasteiger partial charge is 0.238 e. The predicted octanol–water partition coefficient (Wildman–Crippen LogP) is -3.09. The number of rotatable bonds is 0. The van der Waals surface area contributed by atoms with Gasteiger partial charge < -0.3 is 0 Å². The molecule has 0 aromatic rings. The molecule has 0 N–H and O–H groups in total. The fourth-order valence-electron chi connectivity index (χ4n) is 1.40. The number of hydrogen-bond donors (Lipinski definition) is 0. The van der Waals surface area contributed by atoms with Crippen molar-refractivity contribution in [1.82, 2.24) is 0 Å². The van der Waals surface area contributed by atoms with E-state index in [-0.39, 0.29) is 0 Å². The Kier molecular flexibility index (Phi) is 5.54. The van der Waals surface area contributed by atoms with Crippen molar-refractivity contribution in [3.63, 3.8) is 0 Å². The Labute approximate surface area is 86.0 Å². The molecule has 0 saturated heterocycles. The molecule has 1 atom stereocenters. The monoisotopic (exact) mass is 225 g/mol. The average Bonchev–Trinajstić information content (AvgIpc) is 1.97. The average molecular weight is 226 g/mol. The number of nitrogens with zero attached hydrogens (tertiary/aromatic N) is 1. The molecule has 5 nitrogen and oxygen atoms in total. The van der Waals surface area contributed by atoms with E-state index in [1.807, 2.05) is 0 Å². The second kappa shape index (κ2) is 5.63. The molecule has 0 aliphatic carbocycles. The van der Waals surface area contributed by atoms with Gasteiger partial charge in [0.1, 0.15) is 18.8 Å². The van der Waals surface area contributed by atoms with Crippen molar-refractivity contribution in [1.29, 1.82) is 0 Å². The molecule has 1 unspecified atom stereocenters. The van der Waals surface area contributed by atoms with Crippen LogP contribution in [0.1, 0.15) is 33.1 Å². The molecule has 14 heavy (non-hydrogen) atoms. The van der Waals surface area contributed by atoms with Crippen molar-refractivity contribution in [2.45, 2.75) is 39.2 Å². The highest BCUT2D eigenvalue weighted by molar-refractivity contribution is 5.77. The summed E-state index contributed by atoms with van der Waals surface area (Å²) in [6.07, 6.45) is 4.06. The van der Waals surface area contributed by atoms with Gasteiger partial charge in [-0.3, -0.25) is 0 Å². The van der Waals surface area contributed by atoms with Crippen LogP contribution in [0.25, 0.3) is 0 Å². The Balaban J connectivity index is 0.000000292. The third-order valence-electron chi connectivity index (χ3n) is 2.42. The first kappa shape index (κ1) is 13.8. The standard InChI is InChI=1S/C8H16N.ClHO4/c1-7-5-4-6-8(2)9(7)3;2-1(3,4)5/h7H,4-6H2,1-3H3;(H,2,3,4,5)/q+1;/p-1. The molecule has 6 heteroatoms. The SMILES string of the molecule is CC1=[N+](C)C(C)CCC1.[O-][Cl+3]([O-])([O-])[O-]. The van der Waals surface area contributed by atoms with E-state index < -0.39 is 10.2 Å². The summed E-state index contributed by atoms with van der Waals surface area (Å²) in [5.74, 6) is 0. The second-order valence-corrected chi connectivity index (χ2v) is 4.22. The summed E-state index contributed by atoms with van der Waals surface area (Å²) < 4.78 is 36.4. The highest BCUT2D eigenvalue weighted by atomic mass is 35.7. The van der Waals surface area contributed by atoms with E-state index in [1.165, 1.54) is 19.3 Å². The molecule has 0 saturated carbocycles. The summed E-state index contributed by atoms with van der Waals surface area (Å²) in [6, 6.07) is 0.777. The van der Waals surface area contributed by atoms with Crippen LogP contribution in [-0.4, -0.2) is 23.4 Å². The van der Waals surface area contributed by atoms with Crippen molar-refractivity contribution in [3.8, 4) is 0 Å². The van der Waals surface area contributed by atoms with Gasteiger partial charge in [-0.1, -0.05) is 0 Å².